The van der Waals surface area contributed by atoms with E-state index >= 15 is 0 Å². The van der Waals surface area contributed by atoms with E-state index < -0.39 is 0 Å². The van der Waals surface area contributed by atoms with Crippen LogP contribution < -0.4 is 10.6 Å². The van der Waals surface area contributed by atoms with Crippen LogP contribution in [0.5, 0.6) is 0 Å². The van der Waals surface area contributed by atoms with Crippen LogP contribution in [0.15, 0.2) is 29.3 Å². The van der Waals surface area contributed by atoms with E-state index in [9.17, 15) is 0 Å². The molecule has 0 radical (unpaired) electrons. The molecule has 134 valence electrons. The van der Waals surface area contributed by atoms with Gasteiger partial charge < -0.3 is 10.6 Å². The van der Waals surface area contributed by atoms with Crippen LogP contribution in [0.25, 0.3) is 0 Å². The van der Waals surface area contributed by atoms with Crippen molar-refractivity contribution in [2.75, 3.05) is 13.6 Å². The fourth-order valence-electron chi connectivity index (χ4n) is 3.11. The molecule has 1 aromatic carbocycles. The summed E-state index contributed by atoms with van der Waals surface area (Å²) in [5.41, 5.74) is 2.70. The molecule has 2 rings (SSSR count). The minimum atomic E-state index is 0.0108. The summed E-state index contributed by atoms with van der Waals surface area (Å²) in [7, 11) is 1.81. The highest BCUT2D eigenvalue weighted by molar-refractivity contribution is 5.80. The third kappa shape index (κ3) is 6.16. The van der Waals surface area contributed by atoms with E-state index in [0.29, 0.717) is 6.04 Å². The van der Waals surface area contributed by atoms with E-state index in [1.807, 2.05) is 7.05 Å². The average Bonchev–Trinajstić information content (AvgIpc) is 2.54. The van der Waals surface area contributed by atoms with Crippen LogP contribution >= 0.6 is 0 Å². The molecule has 1 aliphatic heterocycles. The molecule has 0 saturated carbocycles. The Balaban J connectivity index is 1.85. The fraction of sp³-hybridized carbons (Fsp3) is 0.650. The molecule has 0 aliphatic carbocycles. The standard InChI is InChI=1S/C20H34N4/c1-16-8-6-7-13-24(16)15-18-11-9-17(10-12-18)14-22-19(21-5)23-20(2,3)4/h9-12,16H,6-8,13-15H2,1-5H3,(H2,21,22,23). The molecule has 2 N–H and O–H groups in total. The molecule has 4 nitrogen and oxygen atoms in total. The summed E-state index contributed by atoms with van der Waals surface area (Å²) in [4.78, 5) is 6.88. The Bertz CT molecular complexity index is 528. The normalized spacial score (nSPS) is 20.0. The van der Waals surface area contributed by atoms with Gasteiger partial charge in [0.15, 0.2) is 5.96 Å². The predicted octanol–water partition coefficient (Wildman–Crippen LogP) is 3.52. The van der Waals surface area contributed by atoms with Gasteiger partial charge in [0.25, 0.3) is 0 Å². The van der Waals surface area contributed by atoms with Crippen molar-refractivity contribution in [2.45, 2.75) is 71.6 Å². The van der Waals surface area contributed by atoms with Gasteiger partial charge in [0, 0.05) is 31.7 Å². The lowest BCUT2D eigenvalue weighted by molar-refractivity contribution is 0.152. The Kier molecular flexibility index (Phi) is 6.67. The van der Waals surface area contributed by atoms with Gasteiger partial charge in [-0.1, -0.05) is 30.7 Å². The van der Waals surface area contributed by atoms with Crippen LogP contribution in [0.3, 0.4) is 0 Å². The average molecular weight is 331 g/mol. The lowest BCUT2D eigenvalue weighted by atomic mass is 10.0. The summed E-state index contributed by atoms with van der Waals surface area (Å²) in [6, 6.07) is 9.69. The van der Waals surface area contributed by atoms with E-state index in [1.165, 1.54) is 36.9 Å². The second-order valence-corrected chi connectivity index (χ2v) is 7.93. The number of rotatable bonds is 4. The highest BCUT2D eigenvalue weighted by atomic mass is 15.2. The molecular formula is C20H34N4. The van der Waals surface area contributed by atoms with E-state index in [1.54, 1.807) is 0 Å². The molecule has 24 heavy (non-hydrogen) atoms. The number of nitrogens with one attached hydrogen (secondary N) is 2. The number of hydrogen-bond donors (Lipinski definition) is 2. The molecule has 1 heterocycles. The summed E-state index contributed by atoms with van der Waals surface area (Å²) < 4.78 is 0. The van der Waals surface area contributed by atoms with Crippen molar-refractivity contribution >= 4 is 5.96 Å². The number of piperidine rings is 1. The summed E-state index contributed by atoms with van der Waals surface area (Å²) in [6.07, 6.45) is 4.06. The Hall–Kier alpha value is -1.55. The zero-order valence-corrected chi connectivity index (χ0v) is 16.0. The van der Waals surface area contributed by atoms with Crippen LogP contribution in [-0.4, -0.2) is 36.0 Å². The van der Waals surface area contributed by atoms with Crippen molar-refractivity contribution in [1.82, 2.24) is 15.5 Å². The molecule has 1 atom stereocenters. The molecule has 1 aromatic rings. The maximum Gasteiger partial charge on any atom is 0.191 e. The first kappa shape index (κ1) is 18.8. The Morgan fingerprint density at radius 2 is 1.83 bits per heavy atom. The smallest absolute Gasteiger partial charge is 0.191 e. The molecule has 1 saturated heterocycles. The number of hydrogen-bond acceptors (Lipinski definition) is 2. The van der Waals surface area contributed by atoms with Crippen molar-refractivity contribution in [2.24, 2.45) is 4.99 Å². The summed E-state index contributed by atoms with van der Waals surface area (Å²) in [5.74, 6) is 0.841. The molecule has 1 aliphatic rings. The first-order valence-corrected chi connectivity index (χ1v) is 9.18. The number of aliphatic imine (C=N–C) groups is 1. The quantitative estimate of drug-likeness (QED) is 0.655. The van der Waals surface area contributed by atoms with Gasteiger partial charge in [-0.05, 0) is 58.2 Å². The van der Waals surface area contributed by atoms with Crippen LogP contribution in [0.4, 0.5) is 0 Å². The number of likely N-dealkylation sites (tertiary alicyclic amines) is 1. The maximum atomic E-state index is 4.28. The second kappa shape index (κ2) is 8.52. The van der Waals surface area contributed by atoms with E-state index in [2.05, 4.69) is 72.5 Å². The monoisotopic (exact) mass is 330 g/mol. The second-order valence-electron chi connectivity index (χ2n) is 7.93. The van der Waals surface area contributed by atoms with Crippen molar-refractivity contribution in [3.05, 3.63) is 35.4 Å². The third-order valence-electron chi connectivity index (χ3n) is 4.53. The first-order valence-electron chi connectivity index (χ1n) is 9.18. The molecule has 0 bridgehead atoms. The minimum absolute atomic E-state index is 0.0108. The number of nitrogens with zero attached hydrogens (tertiary/aromatic N) is 2. The first-order chi connectivity index (χ1) is 11.4. The third-order valence-corrected chi connectivity index (χ3v) is 4.53. The van der Waals surface area contributed by atoms with Gasteiger partial charge in [0.2, 0.25) is 0 Å². The molecule has 0 spiro atoms. The highest BCUT2D eigenvalue weighted by Gasteiger charge is 2.18. The molecule has 0 aromatic heterocycles. The van der Waals surface area contributed by atoms with Crippen LogP contribution in [0.2, 0.25) is 0 Å². The van der Waals surface area contributed by atoms with Gasteiger partial charge in [-0.25, -0.2) is 0 Å². The van der Waals surface area contributed by atoms with Gasteiger partial charge in [-0.3, -0.25) is 9.89 Å². The van der Waals surface area contributed by atoms with Gasteiger partial charge >= 0.3 is 0 Å². The zero-order chi connectivity index (χ0) is 17.6. The topological polar surface area (TPSA) is 39.7 Å². The van der Waals surface area contributed by atoms with Crippen molar-refractivity contribution in [3.8, 4) is 0 Å². The van der Waals surface area contributed by atoms with E-state index in [4.69, 9.17) is 0 Å². The summed E-state index contributed by atoms with van der Waals surface area (Å²) in [5, 5.41) is 6.76. The molecule has 4 heteroatoms. The number of benzene rings is 1. The van der Waals surface area contributed by atoms with Crippen LogP contribution in [-0.2, 0) is 13.1 Å². The SMILES string of the molecule is CN=C(NCc1ccc(CN2CCCCC2C)cc1)NC(C)(C)C. The summed E-state index contributed by atoms with van der Waals surface area (Å²) >= 11 is 0. The highest BCUT2D eigenvalue weighted by Crippen LogP contribution is 2.19. The molecule has 0 amide bonds. The Morgan fingerprint density at radius 3 is 2.42 bits per heavy atom. The predicted molar refractivity (Wildman–Crippen MR) is 103 cm³/mol. The van der Waals surface area contributed by atoms with Gasteiger partial charge in [-0.15, -0.1) is 0 Å². The van der Waals surface area contributed by atoms with E-state index in [-0.39, 0.29) is 5.54 Å². The lowest BCUT2D eigenvalue weighted by Gasteiger charge is -2.33. The largest absolute Gasteiger partial charge is 0.352 e. The fourth-order valence-corrected chi connectivity index (χ4v) is 3.11. The molecule has 1 unspecified atom stereocenters. The Morgan fingerprint density at radius 1 is 1.17 bits per heavy atom. The zero-order valence-electron chi connectivity index (χ0n) is 16.0. The van der Waals surface area contributed by atoms with Crippen molar-refractivity contribution < 1.29 is 0 Å². The minimum Gasteiger partial charge on any atom is -0.352 e. The summed E-state index contributed by atoms with van der Waals surface area (Å²) in [6.45, 7) is 11.9. The van der Waals surface area contributed by atoms with Crippen molar-refractivity contribution in [1.29, 1.82) is 0 Å². The molecular weight excluding hydrogens is 296 g/mol. The lowest BCUT2D eigenvalue weighted by Crippen LogP contribution is -2.47. The van der Waals surface area contributed by atoms with Gasteiger partial charge in [0.05, 0.1) is 0 Å². The van der Waals surface area contributed by atoms with Gasteiger partial charge in [-0.2, -0.15) is 0 Å². The van der Waals surface area contributed by atoms with E-state index in [0.717, 1.165) is 19.0 Å². The maximum absolute atomic E-state index is 4.28. The van der Waals surface area contributed by atoms with Crippen LogP contribution in [0, 0.1) is 0 Å². The van der Waals surface area contributed by atoms with Crippen LogP contribution in [0.1, 0.15) is 58.1 Å². The van der Waals surface area contributed by atoms with Gasteiger partial charge in [0.1, 0.15) is 0 Å². The van der Waals surface area contributed by atoms with Crippen molar-refractivity contribution in [3.63, 3.8) is 0 Å². The number of guanidine groups is 1. The Labute approximate surface area is 147 Å². The molecule has 1 fully saturated rings.